The second kappa shape index (κ2) is 4.52. The fourth-order valence-electron chi connectivity index (χ4n) is 0.222. The van der Waals surface area contributed by atoms with Crippen LogP contribution in [-0.2, 0) is 9.53 Å². The minimum atomic E-state index is -0.744. The highest BCUT2D eigenvalue weighted by Gasteiger charge is 1.95. The van der Waals surface area contributed by atoms with Crippen molar-refractivity contribution in [2.45, 2.75) is 6.92 Å². The Labute approximate surface area is 46.8 Å². The number of ether oxygens (including phenoxy) is 1. The van der Waals surface area contributed by atoms with E-state index in [0.29, 0.717) is 6.61 Å². The third kappa shape index (κ3) is 3.55. The van der Waals surface area contributed by atoms with Gasteiger partial charge in [0.05, 0.1) is 0 Å². The molecule has 0 spiro atoms. The number of carbonyl (C=O) groups is 1. The summed E-state index contributed by atoms with van der Waals surface area (Å²) < 4.78 is 15.6. The molecule has 8 heavy (non-hydrogen) atoms. The summed E-state index contributed by atoms with van der Waals surface area (Å²) in [5, 5.41) is 0. The predicted octanol–water partition coefficient (Wildman–Crippen LogP) is 0.0236. The van der Waals surface area contributed by atoms with Crippen molar-refractivity contribution in [2.75, 3.05) is 13.2 Å². The third-order valence-corrected chi connectivity index (χ3v) is 0.543. The van der Waals surface area contributed by atoms with E-state index in [1.54, 1.807) is 6.92 Å². The van der Waals surface area contributed by atoms with Crippen molar-refractivity contribution >= 4 is 5.91 Å². The molecule has 1 N–H and O–H groups in total. The maximum Gasteiger partial charge on any atom is 0.273 e. The topological polar surface area (TPSA) is 38.3 Å². The summed E-state index contributed by atoms with van der Waals surface area (Å²) in [5.41, 5.74) is 0.936. The molecule has 0 heterocycles. The van der Waals surface area contributed by atoms with Crippen LogP contribution in [0.3, 0.4) is 0 Å². The smallest absolute Gasteiger partial charge is 0.273 e. The summed E-state index contributed by atoms with van der Waals surface area (Å²) >= 11 is 0. The van der Waals surface area contributed by atoms with Gasteiger partial charge >= 0.3 is 0 Å². The predicted molar refractivity (Wildman–Crippen MR) is 25.7 cm³/mol. The second-order valence-electron chi connectivity index (χ2n) is 1.15. The van der Waals surface area contributed by atoms with Crippen molar-refractivity contribution in [1.82, 2.24) is 5.54 Å². The van der Waals surface area contributed by atoms with E-state index >= 15 is 0 Å². The van der Waals surface area contributed by atoms with Crippen LogP contribution in [0.15, 0.2) is 0 Å². The van der Waals surface area contributed by atoms with Crippen LogP contribution in [-0.4, -0.2) is 19.1 Å². The van der Waals surface area contributed by atoms with Crippen LogP contribution in [0.1, 0.15) is 6.92 Å². The summed E-state index contributed by atoms with van der Waals surface area (Å²) in [6.45, 7) is 1.95. The van der Waals surface area contributed by atoms with E-state index in [2.05, 4.69) is 4.74 Å². The number of nitrogens with one attached hydrogen (secondary N) is 1. The van der Waals surface area contributed by atoms with Crippen molar-refractivity contribution < 1.29 is 14.0 Å². The molecule has 0 atom stereocenters. The molecule has 3 nitrogen and oxygen atoms in total. The van der Waals surface area contributed by atoms with Gasteiger partial charge in [-0.05, 0) is 6.92 Å². The lowest BCUT2D eigenvalue weighted by Gasteiger charge is -1.94. The zero-order valence-electron chi connectivity index (χ0n) is 4.61. The molecule has 48 valence electrons. The minimum absolute atomic E-state index is 0.201. The summed E-state index contributed by atoms with van der Waals surface area (Å²) in [6, 6.07) is 0. The Morgan fingerprint density at radius 2 is 2.50 bits per heavy atom. The van der Waals surface area contributed by atoms with E-state index in [0.717, 1.165) is 5.54 Å². The molecular formula is C4H8FNO2. The van der Waals surface area contributed by atoms with Crippen LogP contribution in [0.4, 0.5) is 4.48 Å². The summed E-state index contributed by atoms with van der Waals surface area (Å²) in [6.07, 6.45) is 0. The molecule has 1 amide bonds. The van der Waals surface area contributed by atoms with Crippen molar-refractivity contribution in [3.8, 4) is 0 Å². The molecule has 0 aliphatic rings. The first-order valence-corrected chi connectivity index (χ1v) is 2.28. The van der Waals surface area contributed by atoms with Crippen LogP contribution < -0.4 is 5.54 Å². The average Bonchev–Trinajstić information content (AvgIpc) is 1.83. The maximum absolute atomic E-state index is 11.0. The van der Waals surface area contributed by atoms with E-state index in [-0.39, 0.29) is 6.61 Å². The number of amides is 1. The molecule has 0 aromatic rings. The molecular weight excluding hydrogens is 113 g/mol. The molecule has 0 aromatic carbocycles. The number of halogens is 1. The summed E-state index contributed by atoms with van der Waals surface area (Å²) in [7, 11) is 0. The normalized spacial score (nSPS) is 8.75. The largest absolute Gasteiger partial charge is 0.372 e. The Morgan fingerprint density at radius 3 is 2.88 bits per heavy atom. The van der Waals surface area contributed by atoms with Gasteiger partial charge in [0.25, 0.3) is 5.91 Å². The van der Waals surface area contributed by atoms with Crippen LogP contribution in [0.25, 0.3) is 0 Å². The van der Waals surface area contributed by atoms with Gasteiger partial charge in [-0.25, -0.2) is 0 Å². The lowest BCUT2D eigenvalue weighted by atomic mass is 10.7. The van der Waals surface area contributed by atoms with Crippen molar-refractivity contribution in [3.05, 3.63) is 0 Å². The molecule has 4 heteroatoms. The Morgan fingerprint density at radius 1 is 1.88 bits per heavy atom. The summed E-state index contributed by atoms with van der Waals surface area (Å²) in [4.78, 5) is 9.96. The molecule has 0 saturated heterocycles. The highest BCUT2D eigenvalue weighted by molar-refractivity contribution is 5.75. The van der Waals surface area contributed by atoms with Crippen molar-refractivity contribution in [2.24, 2.45) is 0 Å². The molecule has 0 aliphatic carbocycles. The van der Waals surface area contributed by atoms with E-state index in [1.165, 1.54) is 0 Å². The molecule has 0 aromatic heterocycles. The highest BCUT2D eigenvalue weighted by atomic mass is 19.2. The van der Waals surface area contributed by atoms with E-state index in [1.807, 2.05) is 0 Å². The van der Waals surface area contributed by atoms with Crippen molar-refractivity contribution in [1.29, 1.82) is 0 Å². The van der Waals surface area contributed by atoms with E-state index < -0.39 is 5.91 Å². The van der Waals surface area contributed by atoms with Gasteiger partial charge in [-0.15, -0.1) is 4.48 Å². The van der Waals surface area contributed by atoms with E-state index in [4.69, 9.17) is 0 Å². The zero-order valence-corrected chi connectivity index (χ0v) is 4.61. The van der Waals surface area contributed by atoms with Crippen LogP contribution in [0, 0.1) is 0 Å². The Bertz CT molecular complexity index is 76.4. The number of carbonyl (C=O) groups excluding carboxylic acids is 1. The molecule has 0 saturated carbocycles. The quantitative estimate of drug-likeness (QED) is 0.535. The van der Waals surface area contributed by atoms with Crippen molar-refractivity contribution in [3.63, 3.8) is 0 Å². The molecule has 0 bridgehead atoms. The lowest BCUT2D eigenvalue weighted by Crippen LogP contribution is -2.19. The standard InChI is InChI=1S/C4H8FNO2/c1-2-8-3-4(7)6-5/h2-3H2,1H3,(H,6,7). The first-order valence-electron chi connectivity index (χ1n) is 2.28. The Hall–Kier alpha value is -0.640. The summed E-state index contributed by atoms with van der Waals surface area (Å²) in [5.74, 6) is -0.744. The zero-order chi connectivity index (χ0) is 6.41. The monoisotopic (exact) mass is 121 g/mol. The maximum atomic E-state index is 11.0. The number of rotatable bonds is 3. The first-order chi connectivity index (χ1) is 3.81. The Balaban J connectivity index is 2.99. The van der Waals surface area contributed by atoms with Gasteiger partial charge in [-0.2, -0.15) is 5.54 Å². The van der Waals surface area contributed by atoms with Gasteiger partial charge in [0, 0.05) is 6.61 Å². The first kappa shape index (κ1) is 7.36. The molecule has 0 radical (unpaired) electrons. The molecule has 0 unspecified atom stereocenters. The van der Waals surface area contributed by atoms with Gasteiger partial charge in [0.1, 0.15) is 6.61 Å². The molecule has 0 fully saturated rings. The Kier molecular flexibility index (Phi) is 4.16. The van der Waals surface area contributed by atoms with Gasteiger partial charge in [-0.1, -0.05) is 0 Å². The van der Waals surface area contributed by atoms with Crippen LogP contribution in [0.5, 0.6) is 0 Å². The molecule has 0 aliphatic heterocycles. The fraction of sp³-hybridized carbons (Fsp3) is 0.750. The number of hydrogen-bond donors (Lipinski definition) is 1. The lowest BCUT2D eigenvalue weighted by molar-refractivity contribution is -0.129. The van der Waals surface area contributed by atoms with Crippen LogP contribution >= 0.6 is 0 Å². The second-order valence-corrected chi connectivity index (χ2v) is 1.15. The minimum Gasteiger partial charge on any atom is -0.372 e. The SMILES string of the molecule is CCOCC(=O)NF. The highest BCUT2D eigenvalue weighted by Crippen LogP contribution is 1.71. The molecule has 0 rings (SSSR count). The fourth-order valence-corrected chi connectivity index (χ4v) is 0.222. The van der Waals surface area contributed by atoms with Crippen LogP contribution in [0.2, 0.25) is 0 Å². The van der Waals surface area contributed by atoms with E-state index in [9.17, 15) is 9.28 Å². The third-order valence-electron chi connectivity index (χ3n) is 0.543. The van der Waals surface area contributed by atoms with Gasteiger partial charge < -0.3 is 4.74 Å². The average molecular weight is 121 g/mol. The number of hydrogen-bond acceptors (Lipinski definition) is 2. The van der Waals surface area contributed by atoms with Gasteiger partial charge in [0.15, 0.2) is 0 Å². The van der Waals surface area contributed by atoms with Gasteiger partial charge in [-0.3, -0.25) is 4.79 Å². The van der Waals surface area contributed by atoms with Gasteiger partial charge in [0.2, 0.25) is 0 Å².